The maximum absolute atomic E-state index is 12.9. The lowest BCUT2D eigenvalue weighted by atomic mass is 9.95. The number of aryl methyl sites for hydroxylation is 1. The summed E-state index contributed by atoms with van der Waals surface area (Å²) in [4.78, 5) is 26.4. The Hall–Kier alpha value is -3.31. The van der Waals surface area contributed by atoms with Gasteiger partial charge in [-0.3, -0.25) is 4.79 Å². The quantitative estimate of drug-likeness (QED) is 0.368. The maximum atomic E-state index is 12.9. The predicted octanol–water partition coefficient (Wildman–Crippen LogP) is 4.75. The SMILES string of the molecule is COC(=O)c1c(NC(=O)/C(C#N)=C/c2ccc(OC(C)C)c(OC)c2)sc2c1CCCC2. The number of esters is 1. The Morgan fingerprint density at radius 3 is 2.59 bits per heavy atom. The summed E-state index contributed by atoms with van der Waals surface area (Å²) in [6, 6.07) is 7.13. The zero-order valence-corrected chi connectivity index (χ0v) is 19.4. The van der Waals surface area contributed by atoms with E-state index in [1.54, 1.807) is 18.2 Å². The van der Waals surface area contributed by atoms with Crippen molar-refractivity contribution >= 4 is 34.3 Å². The molecule has 1 amide bonds. The number of amides is 1. The van der Waals surface area contributed by atoms with Crippen LogP contribution in [-0.2, 0) is 22.4 Å². The predicted molar refractivity (Wildman–Crippen MR) is 123 cm³/mol. The number of ether oxygens (including phenoxy) is 3. The first-order valence-electron chi connectivity index (χ1n) is 10.4. The molecule has 8 heteroatoms. The van der Waals surface area contributed by atoms with Crippen LogP contribution in [0.4, 0.5) is 5.00 Å². The van der Waals surface area contributed by atoms with Gasteiger partial charge in [0.15, 0.2) is 11.5 Å². The van der Waals surface area contributed by atoms with Crippen LogP contribution in [0, 0.1) is 11.3 Å². The molecule has 0 saturated carbocycles. The molecule has 0 saturated heterocycles. The average Bonchev–Trinajstić information content (AvgIpc) is 3.14. The number of hydrogen-bond acceptors (Lipinski definition) is 7. The van der Waals surface area contributed by atoms with Gasteiger partial charge in [-0.15, -0.1) is 11.3 Å². The van der Waals surface area contributed by atoms with Gasteiger partial charge in [0.05, 0.1) is 25.9 Å². The summed E-state index contributed by atoms with van der Waals surface area (Å²) in [5.41, 5.74) is 1.86. The van der Waals surface area contributed by atoms with Gasteiger partial charge in [-0.1, -0.05) is 6.07 Å². The van der Waals surface area contributed by atoms with Crippen molar-refractivity contribution in [2.45, 2.75) is 45.6 Å². The highest BCUT2D eigenvalue weighted by atomic mass is 32.1. The number of nitrogens with zero attached hydrogens (tertiary/aromatic N) is 1. The second-order valence-electron chi connectivity index (χ2n) is 7.61. The first kappa shape index (κ1) is 23.4. The number of hydrogen-bond donors (Lipinski definition) is 1. The van der Waals surface area contributed by atoms with Crippen molar-refractivity contribution in [2.75, 3.05) is 19.5 Å². The van der Waals surface area contributed by atoms with Crippen LogP contribution in [0.15, 0.2) is 23.8 Å². The molecule has 168 valence electrons. The maximum Gasteiger partial charge on any atom is 0.341 e. The van der Waals surface area contributed by atoms with Crippen LogP contribution in [0.3, 0.4) is 0 Å². The van der Waals surface area contributed by atoms with E-state index in [4.69, 9.17) is 14.2 Å². The molecule has 7 nitrogen and oxygen atoms in total. The Morgan fingerprint density at radius 1 is 1.19 bits per heavy atom. The van der Waals surface area contributed by atoms with Crippen LogP contribution >= 0.6 is 11.3 Å². The molecular weight excluding hydrogens is 428 g/mol. The normalized spacial score (nSPS) is 13.2. The standard InChI is InChI=1S/C24H26N2O5S/c1-14(2)31-18-10-9-15(12-19(18)29-3)11-16(13-25)22(27)26-23-21(24(28)30-4)17-7-5-6-8-20(17)32-23/h9-12,14H,5-8H2,1-4H3,(H,26,27)/b16-11+. The molecule has 3 rings (SSSR count). The molecule has 1 N–H and O–H groups in total. The van der Waals surface area contributed by atoms with Gasteiger partial charge in [-0.05, 0) is 68.9 Å². The van der Waals surface area contributed by atoms with Crippen LogP contribution in [-0.4, -0.2) is 32.2 Å². The third-order valence-corrected chi connectivity index (χ3v) is 6.22. The lowest BCUT2D eigenvalue weighted by Gasteiger charge is -2.14. The molecule has 0 radical (unpaired) electrons. The summed E-state index contributed by atoms with van der Waals surface area (Å²) in [7, 11) is 2.85. The van der Waals surface area contributed by atoms with Crippen LogP contribution in [0.5, 0.6) is 11.5 Å². The first-order valence-corrected chi connectivity index (χ1v) is 11.2. The van der Waals surface area contributed by atoms with Crippen molar-refractivity contribution in [3.63, 3.8) is 0 Å². The van der Waals surface area contributed by atoms with E-state index in [2.05, 4.69) is 5.32 Å². The van der Waals surface area contributed by atoms with E-state index < -0.39 is 11.9 Å². The van der Waals surface area contributed by atoms with Crippen molar-refractivity contribution in [3.05, 3.63) is 45.3 Å². The van der Waals surface area contributed by atoms with E-state index in [9.17, 15) is 14.9 Å². The monoisotopic (exact) mass is 454 g/mol. The van der Waals surface area contributed by atoms with Gasteiger partial charge in [0, 0.05) is 4.88 Å². The highest BCUT2D eigenvalue weighted by Gasteiger charge is 2.27. The lowest BCUT2D eigenvalue weighted by Crippen LogP contribution is -2.16. The van der Waals surface area contributed by atoms with Gasteiger partial charge in [0.25, 0.3) is 5.91 Å². The van der Waals surface area contributed by atoms with Crippen LogP contribution in [0.1, 0.15) is 53.1 Å². The summed E-state index contributed by atoms with van der Waals surface area (Å²) in [6.07, 6.45) is 5.13. The van der Waals surface area contributed by atoms with Crippen molar-refractivity contribution in [3.8, 4) is 17.6 Å². The van der Waals surface area contributed by atoms with Gasteiger partial charge < -0.3 is 19.5 Å². The van der Waals surface area contributed by atoms with E-state index in [1.807, 2.05) is 19.9 Å². The first-order chi connectivity index (χ1) is 15.4. The van der Waals surface area contributed by atoms with E-state index >= 15 is 0 Å². The molecule has 0 unspecified atom stereocenters. The fourth-order valence-corrected chi connectivity index (χ4v) is 4.86. The van der Waals surface area contributed by atoms with E-state index in [1.165, 1.54) is 31.6 Å². The van der Waals surface area contributed by atoms with Gasteiger partial charge in [-0.25, -0.2) is 4.79 Å². The molecule has 0 atom stereocenters. The number of fused-ring (bicyclic) bond motifs is 1. The Bertz CT molecular complexity index is 1090. The van der Waals surface area contributed by atoms with Crippen LogP contribution < -0.4 is 14.8 Å². The summed E-state index contributed by atoms with van der Waals surface area (Å²) in [6.45, 7) is 3.83. The number of carbonyl (C=O) groups excluding carboxylic acids is 2. The highest BCUT2D eigenvalue weighted by molar-refractivity contribution is 7.17. The molecule has 0 bridgehead atoms. The summed E-state index contributed by atoms with van der Waals surface area (Å²) >= 11 is 1.38. The van der Waals surface area contributed by atoms with E-state index in [0.717, 1.165) is 36.1 Å². The van der Waals surface area contributed by atoms with Gasteiger partial charge in [0.1, 0.15) is 16.6 Å². The molecule has 1 aromatic heterocycles. The number of rotatable bonds is 7. The molecule has 0 fully saturated rings. The minimum Gasteiger partial charge on any atom is -0.493 e. The van der Waals surface area contributed by atoms with Crippen LogP contribution in [0.2, 0.25) is 0 Å². The second-order valence-corrected chi connectivity index (χ2v) is 8.71. The Balaban J connectivity index is 1.89. The summed E-state index contributed by atoms with van der Waals surface area (Å²) < 4.78 is 16.0. The zero-order chi connectivity index (χ0) is 23.3. The average molecular weight is 455 g/mol. The Labute approximate surface area is 191 Å². The number of nitriles is 1. The second kappa shape index (κ2) is 10.3. The fraction of sp³-hybridized carbons (Fsp3) is 0.375. The van der Waals surface area contributed by atoms with E-state index in [0.29, 0.717) is 27.6 Å². The Kier molecular flexibility index (Phi) is 7.54. The van der Waals surface area contributed by atoms with Gasteiger partial charge in [-0.2, -0.15) is 5.26 Å². The fourth-order valence-electron chi connectivity index (χ4n) is 3.58. The number of carbonyl (C=O) groups is 2. The topological polar surface area (TPSA) is 97.7 Å². The number of thiophene rings is 1. The molecule has 0 aliphatic heterocycles. The van der Waals surface area contributed by atoms with Crippen molar-refractivity contribution in [2.24, 2.45) is 0 Å². The molecule has 1 heterocycles. The third kappa shape index (κ3) is 5.11. The molecule has 2 aromatic rings. The molecule has 32 heavy (non-hydrogen) atoms. The van der Waals surface area contributed by atoms with Crippen molar-refractivity contribution in [1.29, 1.82) is 5.26 Å². The number of methoxy groups -OCH3 is 2. The zero-order valence-electron chi connectivity index (χ0n) is 18.6. The van der Waals surface area contributed by atoms with Gasteiger partial charge in [0.2, 0.25) is 0 Å². The largest absolute Gasteiger partial charge is 0.493 e. The Morgan fingerprint density at radius 2 is 1.94 bits per heavy atom. The number of anilines is 1. The van der Waals surface area contributed by atoms with Crippen LogP contribution in [0.25, 0.3) is 6.08 Å². The molecule has 1 aliphatic rings. The third-order valence-electron chi connectivity index (χ3n) is 5.01. The van der Waals surface area contributed by atoms with E-state index in [-0.39, 0.29) is 11.7 Å². The number of benzene rings is 1. The lowest BCUT2D eigenvalue weighted by molar-refractivity contribution is -0.112. The molecule has 0 spiro atoms. The minimum atomic E-state index is -0.585. The summed E-state index contributed by atoms with van der Waals surface area (Å²) in [5.74, 6) is 0.0175. The van der Waals surface area contributed by atoms with Gasteiger partial charge >= 0.3 is 5.97 Å². The highest BCUT2D eigenvalue weighted by Crippen LogP contribution is 2.39. The number of nitrogens with one attached hydrogen (secondary N) is 1. The summed E-state index contributed by atoms with van der Waals surface area (Å²) in [5, 5.41) is 12.8. The molecular formula is C24H26N2O5S. The molecule has 1 aliphatic carbocycles. The smallest absolute Gasteiger partial charge is 0.341 e. The van der Waals surface area contributed by atoms with Crippen molar-refractivity contribution < 1.29 is 23.8 Å². The minimum absolute atomic E-state index is 0.0219. The molecule has 1 aromatic carbocycles. The van der Waals surface area contributed by atoms with Crippen molar-refractivity contribution in [1.82, 2.24) is 0 Å².